The third kappa shape index (κ3) is 4.38. The van der Waals surface area contributed by atoms with Crippen LogP contribution in [0.2, 0.25) is 5.28 Å². The molecule has 23 heavy (non-hydrogen) atoms. The van der Waals surface area contributed by atoms with Crippen LogP contribution in [0.1, 0.15) is 11.1 Å². The maximum Gasteiger partial charge on any atom is 0.421 e. The summed E-state index contributed by atoms with van der Waals surface area (Å²) in [6, 6.07) is 3.49. The molecule has 0 unspecified atom stereocenters. The average molecular weight is 364 g/mol. The van der Waals surface area contributed by atoms with Crippen molar-refractivity contribution in [2.24, 2.45) is 0 Å². The fraction of sp³-hybridized carbons (Fsp3) is 0.308. The van der Waals surface area contributed by atoms with Crippen LogP contribution in [-0.2, 0) is 12.7 Å². The Labute approximate surface area is 140 Å². The van der Waals surface area contributed by atoms with Crippen LogP contribution in [0, 0.1) is 0 Å². The monoisotopic (exact) mass is 363 g/mol. The molecule has 0 aliphatic carbocycles. The molecule has 2 rings (SSSR count). The van der Waals surface area contributed by atoms with E-state index in [-0.39, 0.29) is 17.6 Å². The first-order chi connectivity index (χ1) is 10.8. The predicted molar refractivity (Wildman–Crippen MR) is 85.5 cm³/mol. The van der Waals surface area contributed by atoms with Gasteiger partial charge in [0.1, 0.15) is 17.2 Å². The molecule has 2 aromatic rings. The summed E-state index contributed by atoms with van der Waals surface area (Å²) in [4.78, 5) is 11.3. The number of nitrogens with one attached hydrogen (secondary N) is 1. The summed E-state index contributed by atoms with van der Waals surface area (Å²) in [5, 5.41) is 2.41. The van der Waals surface area contributed by atoms with E-state index in [9.17, 15) is 13.2 Å². The number of hydrogen-bond donors (Lipinski definition) is 1. The molecule has 1 N–H and O–H groups in total. The Balaban J connectivity index is 2.27. The van der Waals surface area contributed by atoms with E-state index in [1.165, 1.54) is 11.9 Å². The van der Waals surface area contributed by atoms with Crippen molar-refractivity contribution in [1.29, 1.82) is 0 Å². The lowest BCUT2D eigenvalue weighted by molar-refractivity contribution is -0.137. The molecule has 10 heteroatoms. The van der Waals surface area contributed by atoms with Crippen molar-refractivity contribution in [2.75, 3.05) is 22.9 Å². The summed E-state index contributed by atoms with van der Waals surface area (Å²) < 4.78 is 40.8. The number of nitrogens with zero attached hydrogens (tertiary/aromatic N) is 4. The number of hydrogen-bond acceptors (Lipinski definition) is 6. The lowest BCUT2D eigenvalue weighted by atomic mass is 10.2. The molecule has 0 aliphatic rings. The highest BCUT2D eigenvalue weighted by Crippen LogP contribution is 2.34. The van der Waals surface area contributed by atoms with Crippen LogP contribution in [0.25, 0.3) is 0 Å². The van der Waals surface area contributed by atoms with Gasteiger partial charge >= 0.3 is 6.18 Å². The summed E-state index contributed by atoms with van der Waals surface area (Å²) in [5.41, 5.74) is -0.238. The van der Waals surface area contributed by atoms with E-state index in [0.29, 0.717) is 12.0 Å². The van der Waals surface area contributed by atoms with Crippen molar-refractivity contribution >= 4 is 35.2 Å². The fourth-order valence-corrected chi connectivity index (χ4v) is 2.29. The first kappa shape index (κ1) is 17.6. The maximum absolute atomic E-state index is 13.0. The lowest BCUT2D eigenvalue weighted by Crippen LogP contribution is -2.15. The van der Waals surface area contributed by atoms with E-state index in [2.05, 4.69) is 20.3 Å². The zero-order chi connectivity index (χ0) is 17.0. The molecule has 2 heterocycles. The second-order valence-corrected chi connectivity index (χ2v) is 5.67. The molecule has 5 nitrogen and oxygen atoms in total. The molecule has 0 radical (unpaired) electrons. The van der Waals surface area contributed by atoms with Crippen LogP contribution in [0.5, 0.6) is 0 Å². The summed E-state index contributed by atoms with van der Waals surface area (Å²) >= 11 is 7.04. The van der Waals surface area contributed by atoms with Crippen molar-refractivity contribution in [1.82, 2.24) is 15.0 Å². The van der Waals surface area contributed by atoms with Gasteiger partial charge in [0.05, 0.1) is 0 Å². The van der Waals surface area contributed by atoms with E-state index in [1.807, 2.05) is 17.6 Å². The van der Waals surface area contributed by atoms with E-state index >= 15 is 0 Å². The summed E-state index contributed by atoms with van der Waals surface area (Å²) in [7, 11) is 1.82. The van der Waals surface area contributed by atoms with Crippen LogP contribution >= 0.6 is 23.5 Å². The standard InChI is InChI=1S/C13H13ClF3N5S/c1-22(23-2)11-8(4-3-5-18-11)6-19-10-9(13(15,16)17)7-20-12(14)21-10/h3-5,7H,6H2,1-2H3,(H,19,20,21). The summed E-state index contributed by atoms with van der Waals surface area (Å²) in [6.07, 6.45) is -0.414. The number of alkyl halides is 3. The van der Waals surface area contributed by atoms with Gasteiger partial charge in [0.25, 0.3) is 0 Å². The highest BCUT2D eigenvalue weighted by Gasteiger charge is 2.35. The molecule has 0 saturated carbocycles. The first-order valence-electron chi connectivity index (χ1n) is 6.38. The van der Waals surface area contributed by atoms with Crippen molar-refractivity contribution in [2.45, 2.75) is 12.7 Å². The Morgan fingerprint density at radius 1 is 1.35 bits per heavy atom. The van der Waals surface area contributed by atoms with Crippen molar-refractivity contribution in [3.05, 3.63) is 40.9 Å². The van der Waals surface area contributed by atoms with Gasteiger partial charge in [0.15, 0.2) is 0 Å². The van der Waals surface area contributed by atoms with Gasteiger partial charge in [-0.1, -0.05) is 18.0 Å². The molecule has 0 bridgehead atoms. The van der Waals surface area contributed by atoms with E-state index in [4.69, 9.17) is 11.6 Å². The summed E-state index contributed by atoms with van der Waals surface area (Å²) in [5.74, 6) is 0.292. The van der Waals surface area contributed by atoms with Gasteiger partial charge in [-0.25, -0.2) is 15.0 Å². The Bertz CT molecular complexity index is 683. The number of pyridine rings is 1. The molecule has 0 amide bonds. The van der Waals surface area contributed by atoms with E-state index in [1.54, 1.807) is 18.3 Å². The third-order valence-corrected chi connectivity index (χ3v) is 3.85. The van der Waals surface area contributed by atoms with Crippen molar-refractivity contribution in [3.8, 4) is 0 Å². The maximum atomic E-state index is 13.0. The Morgan fingerprint density at radius 3 is 2.74 bits per heavy atom. The van der Waals surface area contributed by atoms with E-state index < -0.39 is 11.7 Å². The quantitative estimate of drug-likeness (QED) is 0.643. The molecule has 0 aromatic carbocycles. The third-order valence-electron chi connectivity index (χ3n) is 2.95. The lowest BCUT2D eigenvalue weighted by Gasteiger charge is -2.19. The number of halogens is 4. The molecule has 2 aromatic heterocycles. The van der Waals surface area contributed by atoms with E-state index in [0.717, 1.165) is 5.56 Å². The minimum absolute atomic E-state index is 0.116. The Hall–Kier alpha value is -1.74. The Morgan fingerprint density at radius 2 is 2.09 bits per heavy atom. The topological polar surface area (TPSA) is 53.9 Å². The average Bonchev–Trinajstić information content (AvgIpc) is 2.51. The second-order valence-electron chi connectivity index (χ2n) is 4.42. The van der Waals surface area contributed by atoms with Gasteiger partial charge in [-0.05, 0) is 17.7 Å². The molecule has 124 valence electrons. The summed E-state index contributed by atoms with van der Waals surface area (Å²) in [6.45, 7) is 0.116. The van der Waals surface area contributed by atoms with Crippen molar-refractivity contribution < 1.29 is 13.2 Å². The number of anilines is 2. The zero-order valence-corrected chi connectivity index (χ0v) is 13.8. The van der Waals surface area contributed by atoms with Gasteiger partial charge in [0, 0.05) is 37.8 Å². The molecule has 0 fully saturated rings. The molecular weight excluding hydrogens is 351 g/mol. The Kier molecular flexibility index (Phi) is 5.53. The SMILES string of the molecule is CSN(C)c1ncccc1CNc1nc(Cl)ncc1C(F)(F)F. The molecule has 0 atom stereocenters. The number of aromatic nitrogens is 3. The highest BCUT2D eigenvalue weighted by atomic mass is 35.5. The minimum atomic E-state index is -4.57. The van der Waals surface area contributed by atoms with Crippen LogP contribution in [0.15, 0.2) is 24.5 Å². The van der Waals surface area contributed by atoms with Crippen molar-refractivity contribution in [3.63, 3.8) is 0 Å². The van der Waals surface area contributed by atoms with Crippen LogP contribution in [-0.4, -0.2) is 28.3 Å². The fourth-order valence-electron chi connectivity index (χ4n) is 1.82. The van der Waals surface area contributed by atoms with Crippen LogP contribution < -0.4 is 9.62 Å². The van der Waals surface area contributed by atoms with Crippen LogP contribution in [0.3, 0.4) is 0 Å². The normalized spacial score (nSPS) is 11.4. The second kappa shape index (κ2) is 7.22. The molecule has 0 spiro atoms. The van der Waals surface area contributed by atoms with Gasteiger partial charge < -0.3 is 9.62 Å². The molecule has 0 saturated heterocycles. The number of rotatable bonds is 5. The van der Waals surface area contributed by atoms with Gasteiger partial charge in [-0.2, -0.15) is 13.2 Å². The van der Waals surface area contributed by atoms with Gasteiger partial charge in [-0.15, -0.1) is 0 Å². The molecule has 0 aliphatic heterocycles. The van der Waals surface area contributed by atoms with Gasteiger partial charge in [-0.3, -0.25) is 0 Å². The van der Waals surface area contributed by atoms with Gasteiger partial charge in [0.2, 0.25) is 5.28 Å². The largest absolute Gasteiger partial charge is 0.421 e. The smallest absolute Gasteiger partial charge is 0.365 e. The molecular formula is C13H13ClF3N5S. The minimum Gasteiger partial charge on any atom is -0.365 e. The predicted octanol–water partition coefficient (Wildman–Crippen LogP) is 3.87. The first-order valence-corrected chi connectivity index (χ1v) is 7.94. The highest BCUT2D eigenvalue weighted by molar-refractivity contribution is 7.99. The van der Waals surface area contributed by atoms with Crippen LogP contribution in [0.4, 0.5) is 24.8 Å². The zero-order valence-electron chi connectivity index (χ0n) is 12.2.